The zero-order valence-corrected chi connectivity index (χ0v) is 19.5. The largest absolute Gasteiger partial charge is 0.481 e. The van der Waals surface area contributed by atoms with Crippen LogP contribution in [0.5, 0.6) is 0 Å². The first-order valence-corrected chi connectivity index (χ1v) is 11.8. The van der Waals surface area contributed by atoms with Gasteiger partial charge in [-0.25, -0.2) is 4.68 Å². The summed E-state index contributed by atoms with van der Waals surface area (Å²) in [7, 11) is 0. The van der Waals surface area contributed by atoms with Crippen molar-refractivity contribution in [1.82, 2.24) is 14.7 Å². The lowest BCUT2D eigenvalue weighted by Crippen LogP contribution is -2.29. The number of carboxylic acids is 1. The van der Waals surface area contributed by atoms with Gasteiger partial charge in [0, 0.05) is 30.1 Å². The number of fused-ring (bicyclic) bond motifs is 1. The maximum Gasteiger partial charge on any atom is 0.303 e. The molecule has 1 aliphatic rings. The Hall–Kier alpha value is -3.69. The fraction of sp³-hybridized carbons (Fsp3) is 0.120. The van der Waals surface area contributed by atoms with Gasteiger partial charge < -0.3 is 9.52 Å². The first-order chi connectivity index (χ1) is 16.5. The summed E-state index contributed by atoms with van der Waals surface area (Å²) < 4.78 is 8.24. The average Bonchev–Trinajstić information content (AvgIpc) is 3.51. The number of aromatic nitrogens is 2. The third-order valence-electron chi connectivity index (χ3n) is 5.35. The number of thiocarbonyl (C=S) groups is 1. The summed E-state index contributed by atoms with van der Waals surface area (Å²) in [5.74, 6) is -0.535. The van der Waals surface area contributed by atoms with E-state index in [9.17, 15) is 9.59 Å². The molecule has 9 heteroatoms. The Morgan fingerprint density at radius 2 is 1.91 bits per heavy atom. The number of para-hydroxylation sites is 2. The molecule has 0 saturated carbocycles. The van der Waals surface area contributed by atoms with Crippen molar-refractivity contribution in [2.45, 2.75) is 12.8 Å². The van der Waals surface area contributed by atoms with Gasteiger partial charge >= 0.3 is 5.97 Å². The molecule has 1 fully saturated rings. The number of rotatable bonds is 7. The lowest BCUT2D eigenvalue weighted by atomic mass is 10.1. The molecule has 0 radical (unpaired) electrons. The van der Waals surface area contributed by atoms with Crippen LogP contribution in [0.1, 0.15) is 18.4 Å². The highest BCUT2D eigenvalue weighted by molar-refractivity contribution is 8.26. The van der Waals surface area contributed by atoms with Gasteiger partial charge in [0.1, 0.15) is 15.6 Å². The van der Waals surface area contributed by atoms with Gasteiger partial charge in [-0.15, -0.1) is 0 Å². The summed E-state index contributed by atoms with van der Waals surface area (Å²) in [4.78, 5) is 25.8. The van der Waals surface area contributed by atoms with Crippen LogP contribution in [0.25, 0.3) is 34.2 Å². The topological polar surface area (TPSA) is 88.6 Å². The van der Waals surface area contributed by atoms with E-state index in [0.29, 0.717) is 32.7 Å². The molecule has 1 N–H and O–H groups in total. The van der Waals surface area contributed by atoms with Gasteiger partial charge in [-0.2, -0.15) is 5.10 Å². The molecule has 0 bridgehead atoms. The van der Waals surface area contributed by atoms with E-state index < -0.39 is 5.97 Å². The minimum absolute atomic E-state index is 0.0177. The van der Waals surface area contributed by atoms with Crippen LogP contribution in [0.15, 0.2) is 76.2 Å². The fourth-order valence-electron chi connectivity index (χ4n) is 3.72. The van der Waals surface area contributed by atoms with E-state index in [0.717, 1.165) is 16.7 Å². The van der Waals surface area contributed by atoms with Crippen LogP contribution in [0.3, 0.4) is 0 Å². The second-order valence-electron chi connectivity index (χ2n) is 7.69. The summed E-state index contributed by atoms with van der Waals surface area (Å²) in [6, 6.07) is 19.3. The highest BCUT2D eigenvalue weighted by Crippen LogP contribution is 2.36. The average molecular weight is 490 g/mol. The third-order valence-corrected chi connectivity index (χ3v) is 6.73. The minimum Gasteiger partial charge on any atom is -0.481 e. The number of amides is 1. The number of furan rings is 1. The highest BCUT2D eigenvalue weighted by atomic mass is 32.2. The molecule has 2 aromatic heterocycles. The van der Waals surface area contributed by atoms with E-state index in [2.05, 4.69) is 0 Å². The lowest BCUT2D eigenvalue weighted by molar-refractivity contribution is -0.137. The molecule has 2 aromatic carbocycles. The zero-order chi connectivity index (χ0) is 23.7. The molecule has 1 aliphatic heterocycles. The summed E-state index contributed by atoms with van der Waals surface area (Å²) >= 11 is 6.59. The Kier molecular flexibility index (Phi) is 6.04. The van der Waals surface area contributed by atoms with Crippen LogP contribution in [0, 0.1) is 0 Å². The van der Waals surface area contributed by atoms with Crippen molar-refractivity contribution in [2.75, 3.05) is 6.54 Å². The number of hydrogen-bond acceptors (Lipinski definition) is 6. The molecule has 4 aromatic rings. The molecule has 0 atom stereocenters. The van der Waals surface area contributed by atoms with E-state index in [1.165, 1.54) is 16.7 Å². The molecule has 170 valence electrons. The van der Waals surface area contributed by atoms with Crippen molar-refractivity contribution in [2.24, 2.45) is 0 Å². The van der Waals surface area contributed by atoms with Gasteiger partial charge in [0.15, 0.2) is 5.76 Å². The van der Waals surface area contributed by atoms with Crippen molar-refractivity contribution in [1.29, 1.82) is 0 Å². The molecule has 7 nitrogen and oxygen atoms in total. The molecule has 0 unspecified atom stereocenters. The minimum atomic E-state index is -0.898. The van der Waals surface area contributed by atoms with Crippen LogP contribution in [-0.4, -0.2) is 42.5 Å². The maximum atomic E-state index is 13.0. The van der Waals surface area contributed by atoms with Gasteiger partial charge in [0.05, 0.1) is 10.6 Å². The molecule has 0 spiro atoms. The number of carboxylic acid groups (broad SMARTS) is 1. The number of thioether (sulfide) groups is 1. The monoisotopic (exact) mass is 489 g/mol. The van der Waals surface area contributed by atoms with Gasteiger partial charge in [0.25, 0.3) is 5.91 Å². The van der Waals surface area contributed by atoms with Crippen molar-refractivity contribution < 1.29 is 19.1 Å². The predicted molar refractivity (Wildman–Crippen MR) is 136 cm³/mol. The molecule has 5 rings (SSSR count). The smallest absolute Gasteiger partial charge is 0.303 e. The Labute approximate surface area is 204 Å². The van der Waals surface area contributed by atoms with Crippen molar-refractivity contribution in [3.8, 4) is 17.1 Å². The molecule has 3 heterocycles. The number of carbonyl (C=O) groups excluding carboxylic acids is 1. The van der Waals surface area contributed by atoms with Crippen LogP contribution < -0.4 is 0 Å². The Morgan fingerprint density at radius 3 is 2.68 bits per heavy atom. The Balaban J connectivity index is 1.53. The quantitative estimate of drug-likeness (QED) is 0.276. The number of nitrogens with zero attached hydrogens (tertiary/aromatic N) is 3. The van der Waals surface area contributed by atoms with Gasteiger partial charge in [-0.1, -0.05) is 60.4 Å². The summed E-state index contributed by atoms with van der Waals surface area (Å²) in [5, 5.41) is 14.6. The molecule has 0 aliphatic carbocycles. The van der Waals surface area contributed by atoms with E-state index in [1.807, 2.05) is 66.9 Å². The summed E-state index contributed by atoms with van der Waals surface area (Å²) in [6.45, 7) is 0.272. The van der Waals surface area contributed by atoms with Crippen LogP contribution in [0.4, 0.5) is 0 Å². The predicted octanol–water partition coefficient (Wildman–Crippen LogP) is 5.35. The van der Waals surface area contributed by atoms with E-state index in [4.69, 9.17) is 26.8 Å². The number of hydrogen-bond donors (Lipinski definition) is 1. The Bertz CT molecular complexity index is 1410. The zero-order valence-electron chi connectivity index (χ0n) is 17.9. The van der Waals surface area contributed by atoms with Gasteiger partial charge in [-0.05, 0) is 36.8 Å². The molecule has 34 heavy (non-hydrogen) atoms. The summed E-state index contributed by atoms with van der Waals surface area (Å²) in [5.41, 5.74) is 2.95. The molecular weight excluding hydrogens is 470 g/mol. The lowest BCUT2D eigenvalue weighted by Gasteiger charge is -2.13. The number of carbonyl (C=O) groups is 2. The van der Waals surface area contributed by atoms with Crippen LogP contribution >= 0.6 is 24.0 Å². The number of benzene rings is 2. The number of aliphatic carboxylic acids is 1. The SMILES string of the molecule is O=C(O)CCCN1C(=O)C(=Cc2cn(-c3ccccc3)nc2-c2cc3ccccc3o2)SC1=S. The van der Waals surface area contributed by atoms with Crippen molar-refractivity contribution in [3.05, 3.63) is 77.3 Å². The maximum absolute atomic E-state index is 13.0. The standard InChI is InChI=1S/C25H19N3O4S2/c29-22(30)11-6-12-27-24(31)21(34-25(27)33)14-17-15-28(18-8-2-1-3-9-18)26-23(17)20-13-16-7-4-5-10-19(16)32-20/h1-5,7-10,13-15H,6,11-12H2,(H,29,30). The van der Waals surface area contributed by atoms with Crippen molar-refractivity contribution in [3.63, 3.8) is 0 Å². The summed E-state index contributed by atoms with van der Waals surface area (Å²) in [6.07, 6.45) is 3.95. The Morgan fingerprint density at radius 1 is 1.15 bits per heavy atom. The van der Waals surface area contributed by atoms with E-state index >= 15 is 0 Å². The molecular formula is C25H19N3O4S2. The van der Waals surface area contributed by atoms with E-state index in [-0.39, 0.29) is 18.9 Å². The van der Waals surface area contributed by atoms with Crippen LogP contribution in [-0.2, 0) is 9.59 Å². The second kappa shape index (κ2) is 9.28. The first kappa shape index (κ1) is 22.1. The molecule has 1 saturated heterocycles. The van der Waals surface area contributed by atoms with Crippen molar-refractivity contribution >= 4 is 57.2 Å². The first-order valence-electron chi connectivity index (χ1n) is 10.6. The normalized spacial score (nSPS) is 15.1. The second-order valence-corrected chi connectivity index (χ2v) is 9.37. The third kappa shape index (κ3) is 4.40. The van der Waals surface area contributed by atoms with Gasteiger partial charge in [0.2, 0.25) is 0 Å². The van der Waals surface area contributed by atoms with E-state index in [1.54, 1.807) is 10.8 Å². The van der Waals surface area contributed by atoms with Gasteiger partial charge in [-0.3, -0.25) is 14.5 Å². The fourth-order valence-corrected chi connectivity index (χ4v) is 5.02. The highest BCUT2D eigenvalue weighted by Gasteiger charge is 2.32. The molecule has 1 amide bonds. The van der Waals surface area contributed by atoms with Crippen LogP contribution in [0.2, 0.25) is 0 Å².